The van der Waals surface area contributed by atoms with Crippen molar-refractivity contribution in [3.8, 4) is 0 Å². The van der Waals surface area contributed by atoms with Gasteiger partial charge in [-0.3, -0.25) is 4.79 Å². The number of carbonyl (C=O) groups is 1. The van der Waals surface area contributed by atoms with Crippen LogP contribution in [-0.4, -0.2) is 33.7 Å². The second-order valence-electron chi connectivity index (χ2n) is 5.00. The van der Waals surface area contributed by atoms with Gasteiger partial charge in [0.2, 0.25) is 15.9 Å². The third-order valence-corrected chi connectivity index (χ3v) is 3.60. The van der Waals surface area contributed by atoms with E-state index in [0.717, 1.165) is 17.5 Å². The molecule has 0 fully saturated rings. The molecule has 0 bridgehead atoms. The Balaban J connectivity index is 2.41. The minimum Gasteiger partial charge on any atom is -0.326 e. The van der Waals surface area contributed by atoms with Gasteiger partial charge in [0.05, 0.1) is 6.26 Å². The van der Waals surface area contributed by atoms with Crippen LogP contribution in [0.1, 0.15) is 31.9 Å². The van der Waals surface area contributed by atoms with E-state index in [1.165, 1.54) is 6.92 Å². The topological polar surface area (TPSA) is 87.3 Å². The molecule has 3 N–H and O–H groups in total. The molecule has 0 aliphatic carbocycles. The van der Waals surface area contributed by atoms with E-state index < -0.39 is 10.0 Å². The van der Waals surface area contributed by atoms with Crippen LogP contribution in [0.3, 0.4) is 0 Å². The molecule has 1 aromatic rings. The first kappa shape index (κ1) is 17.6. The van der Waals surface area contributed by atoms with Crippen LogP contribution in [0.25, 0.3) is 0 Å². The largest absolute Gasteiger partial charge is 0.326 e. The maximum absolute atomic E-state index is 11.0. The van der Waals surface area contributed by atoms with Crippen LogP contribution in [0.15, 0.2) is 24.3 Å². The lowest BCUT2D eigenvalue weighted by molar-refractivity contribution is -0.114. The van der Waals surface area contributed by atoms with Gasteiger partial charge >= 0.3 is 0 Å². The molecule has 1 unspecified atom stereocenters. The fourth-order valence-corrected chi connectivity index (χ4v) is 2.39. The zero-order valence-corrected chi connectivity index (χ0v) is 13.5. The molecule has 21 heavy (non-hydrogen) atoms. The number of hydrogen-bond acceptors (Lipinski definition) is 4. The maximum atomic E-state index is 11.0. The monoisotopic (exact) mass is 313 g/mol. The number of nitrogens with one attached hydrogen (secondary N) is 3. The fraction of sp³-hybridized carbons (Fsp3) is 0.500. The molecule has 118 valence electrons. The molecule has 1 atom stereocenters. The highest BCUT2D eigenvalue weighted by Gasteiger charge is 2.06. The Labute approximate surface area is 126 Å². The fourth-order valence-electron chi connectivity index (χ4n) is 1.87. The van der Waals surface area contributed by atoms with Gasteiger partial charge in [-0.25, -0.2) is 13.1 Å². The summed E-state index contributed by atoms with van der Waals surface area (Å²) in [6, 6.07) is 7.76. The normalized spacial score (nSPS) is 12.9. The summed E-state index contributed by atoms with van der Waals surface area (Å²) in [6.07, 6.45) is 1.86. The Bertz CT molecular complexity index is 573. The van der Waals surface area contributed by atoms with Crippen molar-refractivity contribution in [2.75, 3.05) is 24.7 Å². The van der Waals surface area contributed by atoms with Gasteiger partial charge in [0.1, 0.15) is 0 Å². The number of anilines is 1. The number of sulfonamides is 1. The van der Waals surface area contributed by atoms with E-state index in [0.29, 0.717) is 19.5 Å². The van der Waals surface area contributed by atoms with Crippen molar-refractivity contribution < 1.29 is 13.2 Å². The molecule has 0 heterocycles. The number of benzene rings is 1. The van der Waals surface area contributed by atoms with Gasteiger partial charge in [0.25, 0.3) is 0 Å². The van der Waals surface area contributed by atoms with Crippen molar-refractivity contribution in [1.82, 2.24) is 10.0 Å². The summed E-state index contributed by atoms with van der Waals surface area (Å²) >= 11 is 0. The number of rotatable bonds is 8. The molecule has 0 aromatic heterocycles. The number of hydrogen-bond donors (Lipinski definition) is 3. The van der Waals surface area contributed by atoms with E-state index in [4.69, 9.17) is 0 Å². The van der Waals surface area contributed by atoms with E-state index in [1.54, 1.807) is 0 Å². The van der Waals surface area contributed by atoms with Gasteiger partial charge in [-0.15, -0.1) is 0 Å². The average Bonchev–Trinajstić information content (AvgIpc) is 2.36. The van der Waals surface area contributed by atoms with Crippen LogP contribution in [-0.2, 0) is 14.8 Å². The summed E-state index contributed by atoms with van der Waals surface area (Å²) in [6.45, 7) is 4.62. The van der Waals surface area contributed by atoms with Crippen molar-refractivity contribution in [1.29, 1.82) is 0 Å². The Morgan fingerprint density at radius 3 is 2.62 bits per heavy atom. The number of amides is 1. The molecule has 6 nitrogen and oxygen atoms in total. The van der Waals surface area contributed by atoms with E-state index in [2.05, 4.69) is 15.4 Å². The van der Waals surface area contributed by atoms with E-state index in [-0.39, 0.29) is 11.9 Å². The standard InChI is InChI=1S/C14H23N3O3S/c1-11(15-8-5-9-16-21(3,19)20)13-6-4-7-14(10-13)17-12(2)18/h4,6-7,10-11,15-16H,5,8-9H2,1-3H3,(H,17,18). The van der Waals surface area contributed by atoms with Crippen LogP contribution in [0.2, 0.25) is 0 Å². The lowest BCUT2D eigenvalue weighted by Crippen LogP contribution is -2.27. The summed E-state index contributed by atoms with van der Waals surface area (Å²) in [4.78, 5) is 11.0. The van der Waals surface area contributed by atoms with Crippen LogP contribution in [0.4, 0.5) is 5.69 Å². The highest BCUT2D eigenvalue weighted by Crippen LogP contribution is 2.17. The summed E-state index contributed by atoms with van der Waals surface area (Å²) in [7, 11) is -3.11. The molecule has 0 saturated carbocycles. The van der Waals surface area contributed by atoms with Gasteiger partial charge in [-0.1, -0.05) is 12.1 Å². The number of carbonyl (C=O) groups excluding carboxylic acids is 1. The van der Waals surface area contributed by atoms with Gasteiger partial charge in [-0.2, -0.15) is 0 Å². The van der Waals surface area contributed by atoms with E-state index in [1.807, 2.05) is 31.2 Å². The first-order valence-corrected chi connectivity index (χ1v) is 8.72. The highest BCUT2D eigenvalue weighted by atomic mass is 32.2. The van der Waals surface area contributed by atoms with Gasteiger partial charge < -0.3 is 10.6 Å². The second-order valence-corrected chi connectivity index (χ2v) is 6.84. The Kier molecular flexibility index (Phi) is 6.80. The van der Waals surface area contributed by atoms with Crippen molar-refractivity contribution in [3.05, 3.63) is 29.8 Å². The minimum atomic E-state index is -3.11. The van der Waals surface area contributed by atoms with Crippen molar-refractivity contribution >= 4 is 21.6 Å². The summed E-state index contributed by atoms with van der Waals surface area (Å²) < 4.78 is 24.3. The van der Waals surface area contributed by atoms with Gasteiger partial charge in [0, 0.05) is 25.2 Å². The van der Waals surface area contributed by atoms with Gasteiger partial charge in [0.15, 0.2) is 0 Å². The summed E-state index contributed by atoms with van der Waals surface area (Å²) in [5.41, 5.74) is 1.84. The van der Waals surface area contributed by atoms with Crippen molar-refractivity contribution in [2.24, 2.45) is 0 Å². The molecule has 0 aliphatic heterocycles. The molecular formula is C14H23N3O3S. The average molecular weight is 313 g/mol. The van der Waals surface area contributed by atoms with Crippen LogP contribution in [0, 0.1) is 0 Å². The van der Waals surface area contributed by atoms with Crippen LogP contribution in [0.5, 0.6) is 0 Å². The molecule has 1 aromatic carbocycles. The maximum Gasteiger partial charge on any atom is 0.221 e. The molecular weight excluding hydrogens is 290 g/mol. The lowest BCUT2D eigenvalue weighted by Gasteiger charge is -2.15. The third-order valence-electron chi connectivity index (χ3n) is 2.88. The first-order chi connectivity index (χ1) is 9.78. The molecule has 1 amide bonds. The van der Waals surface area contributed by atoms with E-state index >= 15 is 0 Å². The molecule has 0 saturated heterocycles. The quantitative estimate of drug-likeness (QED) is 0.630. The Morgan fingerprint density at radius 1 is 1.29 bits per heavy atom. The SMILES string of the molecule is CC(=O)Nc1cccc(C(C)NCCCNS(C)(=O)=O)c1. The smallest absolute Gasteiger partial charge is 0.221 e. The van der Waals surface area contributed by atoms with Gasteiger partial charge in [-0.05, 0) is 37.6 Å². The van der Waals surface area contributed by atoms with Crippen molar-refractivity contribution in [3.63, 3.8) is 0 Å². The highest BCUT2D eigenvalue weighted by molar-refractivity contribution is 7.88. The molecule has 0 aliphatic rings. The minimum absolute atomic E-state index is 0.0976. The van der Waals surface area contributed by atoms with Crippen LogP contribution >= 0.6 is 0 Å². The summed E-state index contributed by atoms with van der Waals surface area (Å²) in [5.74, 6) is -0.0976. The van der Waals surface area contributed by atoms with Crippen LogP contribution < -0.4 is 15.4 Å². The molecule has 0 radical (unpaired) electrons. The lowest BCUT2D eigenvalue weighted by atomic mass is 10.1. The predicted octanol–water partition coefficient (Wildman–Crippen LogP) is 1.23. The third kappa shape index (κ3) is 7.79. The second kappa shape index (κ2) is 8.11. The Hall–Kier alpha value is -1.44. The van der Waals surface area contributed by atoms with E-state index in [9.17, 15) is 13.2 Å². The molecule has 7 heteroatoms. The zero-order chi connectivity index (χ0) is 15.9. The predicted molar refractivity (Wildman–Crippen MR) is 84.6 cm³/mol. The molecule has 1 rings (SSSR count). The summed E-state index contributed by atoms with van der Waals surface area (Å²) in [5, 5.41) is 6.07. The van der Waals surface area contributed by atoms with Crippen molar-refractivity contribution in [2.45, 2.75) is 26.3 Å². The first-order valence-electron chi connectivity index (χ1n) is 6.83. The molecule has 0 spiro atoms. The Morgan fingerprint density at radius 2 is 2.00 bits per heavy atom. The zero-order valence-electron chi connectivity index (χ0n) is 12.6.